The highest BCUT2D eigenvalue weighted by atomic mass is 19.1. The number of anilines is 1. The van der Waals surface area contributed by atoms with Crippen LogP contribution in [-0.2, 0) is 4.79 Å². The van der Waals surface area contributed by atoms with Gasteiger partial charge in [-0.15, -0.1) is 0 Å². The highest BCUT2D eigenvalue weighted by Gasteiger charge is 2.18. The fraction of sp³-hybridized carbons (Fsp3) is 0.500. The Labute approximate surface area is 113 Å². The summed E-state index contributed by atoms with van der Waals surface area (Å²) in [6.45, 7) is 5.71. The Morgan fingerprint density at radius 2 is 2.32 bits per heavy atom. The number of halogens is 1. The van der Waals surface area contributed by atoms with Gasteiger partial charge < -0.3 is 10.6 Å². The molecule has 19 heavy (non-hydrogen) atoms. The Morgan fingerprint density at radius 1 is 1.53 bits per heavy atom. The van der Waals surface area contributed by atoms with Crippen LogP contribution in [0.5, 0.6) is 0 Å². The Bertz CT molecular complexity index is 438. The van der Waals surface area contributed by atoms with Gasteiger partial charge in [0.2, 0.25) is 5.91 Å². The fourth-order valence-electron chi connectivity index (χ4n) is 2.24. The van der Waals surface area contributed by atoms with Crippen molar-refractivity contribution in [3.8, 4) is 0 Å². The molecule has 0 aromatic heterocycles. The zero-order valence-corrected chi connectivity index (χ0v) is 11.2. The van der Waals surface area contributed by atoms with Gasteiger partial charge in [-0.2, -0.15) is 0 Å². The van der Waals surface area contributed by atoms with Gasteiger partial charge in [-0.05, 0) is 19.1 Å². The summed E-state index contributed by atoms with van der Waals surface area (Å²) in [4.78, 5) is 14.1. The molecule has 1 aromatic rings. The van der Waals surface area contributed by atoms with Gasteiger partial charge >= 0.3 is 0 Å². The van der Waals surface area contributed by atoms with Crippen LogP contribution < -0.4 is 10.6 Å². The number of carbonyl (C=O) groups excluding carboxylic acids is 1. The SMILES string of the molecule is C[C@H]1CNCCN1CCC(=O)Nc1ccccc1F. The van der Waals surface area contributed by atoms with Crippen LogP contribution in [-0.4, -0.2) is 43.0 Å². The monoisotopic (exact) mass is 265 g/mol. The van der Waals surface area contributed by atoms with Crippen molar-refractivity contribution in [3.05, 3.63) is 30.1 Å². The number of carbonyl (C=O) groups is 1. The Kier molecular flexibility index (Phi) is 4.87. The summed E-state index contributed by atoms with van der Waals surface area (Å²) in [5.41, 5.74) is 0.251. The van der Waals surface area contributed by atoms with Crippen molar-refractivity contribution in [2.45, 2.75) is 19.4 Å². The van der Waals surface area contributed by atoms with E-state index in [-0.39, 0.29) is 11.6 Å². The number of benzene rings is 1. The first-order valence-corrected chi connectivity index (χ1v) is 6.66. The molecule has 1 fully saturated rings. The molecule has 4 nitrogen and oxygen atoms in total. The third-order valence-corrected chi connectivity index (χ3v) is 3.41. The lowest BCUT2D eigenvalue weighted by molar-refractivity contribution is -0.116. The third kappa shape index (κ3) is 4.01. The van der Waals surface area contributed by atoms with Crippen LogP contribution in [0.3, 0.4) is 0 Å². The predicted molar refractivity (Wildman–Crippen MR) is 73.6 cm³/mol. The van der Waals surface area contributed by atoms with Gasteiger partial charge in [0.15, 0.2) is 0 Å². The smallest absolute Gasteiger partial charge is 0.225 e. The number of amides is 1. The van der Waals surface area contributed by atoms with Gasteiger partial charge in [0, 0.05) is 38.6 Å². The second kappa shape index (κ2) is 6.63. The molecule has 0 saturated carbocycles. The lowest BCUT2D eigenvalue weighted by Gasteiger charge is -2.33. The van der Waals surface area contributed by atoms with Crippen LogP contribution >= 0.6 is 0 Å². The van der Waals surface area contributed by atoms with Crippen LogP contribution in [0.1, 0.15) is 13.3 Å². The molecule has 1 saturated heterocycles. The molecule has 1 heterocycles. The van der Waals surface area contributed by atoms with Crippen LogP contribution in [0.15, 0.2) is 24.3 Å². The van der Waals surface area contributed by atoms with E-state index < -0.39 is 5.82 Å². The summed E-state index contributed by atoms with van der Waals surface area (Å²) < 4.78 is 13.4. The molecule has 1 aromatic carbocycles. The minimum Gasteiger partial charge on any atom is -0.324 e. The zero-order chi connectivity index (χ0) is 13.7. The minimum absolute atomic E-state index is 0.143. The predicted octanol–water partition coefficient (Wildman–Crippen LogP) is 1.45. The highest BCUT2D eigenvalue weighted by molar-refractivity contribution is 5.90. The number of hydrogen-bond donors (Lipinski definition) is 2. The lowest BCUT2D eigenvalue weighted by Crippen LogP contribution is -2.50. The first-order valence-electron chi connectivity index (χ1n) is 6.66. The number of nitrogens with zero attached hydrogens (tertiary/aromatic N) is 1. The molecular weight excluding hydrogens is 245 g/mol. The summed E-state index contributed by atoms with van der Waals surface area (Å²) in [7, 11) is 0. The van der Waals surface area contributed by atoms with Crippen molar-refractivity contribution in [2.75, 3.05) is 31.5 Å². The molecule has 1 aliphatic rings. The molecule has 2 N–H and O–H groups in total. The van der Waals surface area contributed by atoms with Crippen molar-refractivity contribution < 1.29 is 9.18 Å². The average molecular weight is 265 g/mol. The van der Waals surface area contributed by atoms with E-state index in [2.05, 4.69) is 22.5 Å². The second-order valence-electron chi connectivity index (χ2n) is 4.87. The first kappa shape index (κ1) is 14.0. The number of para-hydroxylation sites is 1. The summed E-state index contributed by atoms with van der Waals surface area (Å²) in [6.07, 6.45) is 0.388. The van der Waals surface area contributed by atoms with E-state index >= 15 is 0 Å². The maximum atomic E-state index is 13.4. The van der Waals surface area contributed by atoms with E-state index in [1.165, 1.54) is 6.07 Å². The fourth-order valence-corrected chi connectivity index (χ4v) is 2.24. The van der Waals surface area contributed by atoms with E-state index in [4.69, 9.17) is 0 Å². The Morgan fingerprint density at radius 3 is 3.05 bits per heavy atom. The van der Waals surface area contributed by atoms with Gasteiger partial charge in [-0.3, -0.25) is 9.69 Å². The maximum Gasteiger partial charge on any atom is 0.225 e. The van der Waals surface area contributed by atoms with Crippen molar-refractivity contribution >= 4 is 11.6 Å². The van der Waals surface area contributed by atoms with Crippen molar-refractivity contribution in [3.63, 3.8) is 0 Å². The largest absolute Gasteiger partial charge is 0.324 e. The molecule has 2 rings (SSSR count). The van der Waals surface area contributed by atoms with Gasteiger partial charge in [-0.1, -0.05) is 12.1 Å². The molecule has 1 atom stereocenters. The summed E-state index contributed by atoms with van der Waals surface area (Å²) in [5, 5.41) is 5.92. The van der Waals surface area contributed by atoms with Crippen molar-refractivity contribution in [1.29, 1.82) is 0 Å². The molecule has 0 aliphatic carbocycles. The zero-order valence-electron chi connectivity index (χ0n) is 11.2. The molecular formula is C14H20FN3O. The standard InChI is InChI=1S/C14H20FN3O/c1-11-10-16-7-9-18(11)8-6-14(19)17-13-5-3-2-4-12(13)15/h2-5,11,16H,6-10H2,1H3,(H,17,19)/t11-/m0/s1. The molecule has 0 radical (unpaired) electrons. The molecule has 1 aliphatic heterocycles. The molecule has 5 heteroatoms. The normalized spacial score (nSPS) is 20.2. The summed E-state index contributed by atoms with van der Waals surface area (Å²) in [5.74, 6) is -0.540. The Hall–Kier alpha value is -1.46. The average Bonchev–Trinajstić information content (AvgIpc) is 2.40. The van der Waals surface area contributed by atoms with Crippen LogP contribution in [0.2, 0.25) is 0 Å². The second-order valence-corrected chi connectivity index (χ2v) is 4.87. The van der Waals surface area contributed by atoms with Crippen LogP contribution in [0.25, 0.3) is 0 Å². The van der Waals surface area contributed by atoms with E-state index in [1.54, 1.807) is 18.2 Å². The quantitative estimate of drug-likeness (QED) is 0.866. The van der Waals surface area contributed by atoms with Gasteiger partial charge in [0.25, 0.3) is 0 Å². The van der Waals surface area contributed by atoms with Crippen LogP contribution in [0.4, 0.5) is 10.1 Å². The highest BCUT2D eigenvalue weighted by Crippen LogP contribution is 2.12. The van der Waals surface area contributed by atoms with Crippen LogP contribution in [0, 0.1) is 5.82 Å². The summed E-state index contributed by atoms with van der Waals surface area (Å²) in [6, 6.07) is 6.66. The van der Waals surface area contributed by atoms with Crippen molar-refractivity contribution in [1.82, 2.24) is 10.2 Å². The van der Waals surface area contributed by atoms with Crippen molar-refractivity contribution in [2.24, 2.45) is 0 Å². The van der Waals surface area contributed by atoms with Gasteiger partial charge in [0.1, 0.15) is 5.82 Å². The lowest BCUT2D eigenvalue weighted by atomic mass is 10.2. The Balaban J connectivity index is 1.80. The van der Waals surface area contributed by atoms with Gasteiger partial charge in [0.05, 0.1) is 5.69 Å². The molecule has 1 amide bonds. The summed E-state index contributed by atoms with van der Waals surface area (Å²) >= 11 is 0. The topological polar surface area (TPSA) is 44.4 Å². The molecule has 104 valence electrons. The number of nitrogens with one attached hydrogen (secondary N) is 2. The third-order valence-electron chi connectivity index (χ3n) is 3.41. The number of hydrogen-bond acceptors (Lipinski definition) is 3. The number of rotatable bonds is 4. The number of piperazine rings is 1. The first-order chi connectivity index (χ1) is 9.16. The van der Waals surface area contributed by atoms with E-state index in [9.17, 15) is 9.18 Å². The van der Waals surface area contributed by atoms with E-state index in [0.717, 1.165) is 19.6 Å². The van der Waals surface area contributed by atoms with E-state index in [1.807, 2.05) is 0 Å². The molecule has 0 unspecified atom stereocenters. The van der Waals surface area contributed by atoms with E-state index in [0.29, 0.717) is 19.0 Å². The minimum atomic E-state index is -0.397. The molecule has 0 spiro atoms. The maximum absolute atomic E-state index is 13.4. The van der Waals surface area contributed by atoms with Gasteiger partial charge in [-0.25, -0.2) is 4.39 Å². The molecule has 0 bridgehead atoms.